The largest absolute Gasteiger partial charge is 0.481 e. The number of aryl methyl sites for hydroxylation is 1. The Hall–Kier alpha value is -1.61. The molecule has 0 aromatic heterocycles. The molecule has 0 amide bonds. The van der Waals surface area contributed by atoms with Gasteiger partial charge in [-0.1, -0.05) is 79.5 Å². The van der Waals surface area contributed by atoms with Crippen molar-refractivity contribution in [3.05, 3.63) is 58.1 Å². The Morgan fingerprint density at radius 2 is 1.50 bits per heavy atom. The number of carboxylic acid groups (broad SMARTS) is 1. The molecule has 0 bridgehead atoms. The highest BCUT2D eigenvalue weighted by atomic mass is 79.9. The molecule has 2 rings (SSSR count). The lowest BCUT2D eigenvalue weighted by Crippen LogP contribution is -2.00. The quantitative estimate of drug-likeness (QED) is 0.713. The molecule has 0 spiro atoms. The van der Waals surface area contributed by atoms with E-state index in [0.717, 1.165) is 21.2 Å². The van der Waals surface area contributed by atoms with Crippen LogP contribution in [0.3, 0.4) is 0 Å². The van der Waals surface area contributed by atoms with Crippen LogP contribution in [0.15, 0.2) is 46.9 Å². The molecule has 0 fully saturated rings. The van der Waals surface area contributed by atoms with E-state index in [2.05, 4.69) is 15.9 Å². The molecule has 120 valence electrons. The molecular weight excluding hydrogens is 340 g/mol. The zero-order valence-electron chi connectivity index (χ0n) is 14.0. The molecule has 1 N–H and O–H groups in total. The molecule has 0 radical (unpaired) electrons. The van der Waals surface area contributed by atoms with E-state index >= 15 is 0 Å². The summed E-state index contributed by atoms with van der Waals surface area (Å²) in [6.07, 6.45) is 0.0400. The summed E-state index contributed by atoms with van der Waals surface area (Å²) in [6, 6.07) is 13.9. The summed E-state index contributed by atoms with van der Waals surface area (Å²) >= 11 is 3.42. The first-order chi connectivity index (χ1) is 10.5. The monoisotopic (exact) mass is 364 g/mol. The highest BCUT2D eigenvalue weighted by Gasteiger charge is 2.05. The van der Waals surface area contributed by atoms with E-state index < -0.39 is 5.97 Å². The zero-order valence-corrected chi connectivity index (χ0v) is 15.6. The van der Waals surface area contributed by atoms with Gasteiger partial charge in [0.2, 0.25) is 0 Å². The lowest BCUT2D eigenvalue weighted by atomic mass is 10.0. The number of hydrogen-bond acceptors (Lipinski definition) is 1. The van der Waals surface area contributed by atoms with Crippen molar-refractivity contribution in [1.29, 1.82) is 0 Å². The average molecular weight is 365 g/mol. The van der Waals surface area contributed by atoms with Gasteiger partial charge in [0, 0.05) is 4.47 Å². The van der Waals surface area contributed by atoms with E-state index in [4.69, 9.17) is 5.11 Å². The molecule has 22 heavy (non-hydrogen) atoms. The minimum atomic E-state index is -0.817. The Labute approximate surface area is 142 Å². The van der Waals surface area contributed by atoms with Gasteiger partial charge in [-0.3, -0.25) is 4.79 Å². The van der Waals surface area contributed by atoms with Crippen LogP contribution in [0.5, 0.6) is 0 Å². The molecule has 0 saturated carbocycles. The Morgan fingerprint density at radius 3 is 2.00 bits per heavy atom. The smallest absolute Gasteiger partial charge is 0.307 e. The second-order valence-corrected chi connectivity index (χ2v) is 5.20. The molecule has 0 saturated heterocycles. The summed E-state index contributed by atoms with van der Waals surface area (Å²) in [5.41, 5.74) is 4.13. The normalized spacial score (nSPS) is 9.00. The van der Waals surface area contributed by atoms with Crippen molar-refractivity contribution in [2.45, 2.75) is 41.0 Å². The lowest BCUT2D eigenvalue weighted by Gasteiger charge is -2.06. The maximum atomic E-state index is 10.8. The molecule has 0 aliphatic rings. The molecule has 0 aliphatic heterocycles. The van der Waals surface area contributed by atoms with Crippen LogP contribution >= 0.6 is 15.9 Å². The van der Waals surface area contributed by atoms with Gasteiger partial charge < -0.3 is 5.11 Å². The van der Waals surface area contributed by atoms with Gasteiger partial charge in [-0.2, -0.15) is 0 Å². The van der Waals surface area contributed by atoms with Gasteiger partial charge in [-0.25, -0.2) is 0 Å². The zero-order chi connectivity index (χ0) is 17.1. The van der Waals surface area contributed by atoms with E-state index in [1.807, 2.05) is 77.1 Å². The second-order valence-electron chi connectivity index (χ2n) is 4.28. The summed E-state index contributed by atoms with van der Waals surface area (Å²) in [5, 5.41) is 8.84. The predicted molar refractivity (Wildman–Crippen MR) is 98.4 cm³/mol. The maximum absolute atomic E-state index is 10.8. The van der Waals surface area contributed by atoms with Gasteiger partial charge in [0.05, 0.1) is 6.42 Å². The predicted octanol–water partition coefficient (Wildman–Crippen LogP) is 6.10. The van der Waals surface area contributed by atoms with Crippen molar-refractivity contribution in [3.63, 3.8) is 0 Å². The van der Waals surface area contributed by atoms with Crippen molar-refractivity contribution in [2.24, 2.45) is 0 Å². The first kappa shape index (κ1) is 20.4. The first-order valence-electron chi connectivity index (χ1n) is 7.63. The van der Waals surface area contributed by atoms with Gasteiger partial charge in [0.1, 0.15) is 0 Å². The fourth-order valence-corrected chi connectivity index (χ4v) is 2.38. The number of benzene rings is 2. The standard InChI is InChI=1S/C15H13BrO2.2C2H6/c1-10-2-4-12(5-3-10)13-6-11(8-15(17)18)7-14(16)9-13;2*1-2/h2-7,9H,8H2,1H3,(H,17,18);2*1-2H3. The molecular formula is C19H25BrO2. The van der Waals surface area contributed by atoms with Crippen molar-refractivity contribution >= 4 is 21.9 Å². The summed E-state index contributed by atoms with van der Waals surface area (Å²) in [6.45, 7) is 10.0. The molecule has 2 nitrogen and oxygen atoms in total. The number of carbonyl (C=O) groups is 1. The summed E-state index contributed by atoms with van der Waals surface area (Å²) in [7, 11) is 0. The van der Waals surface area contributed by atoms with Gasteiger partial charge in [0.15, 0.2) is 0 Å². The van der Waals surface area contributed by atoms with Gasteiger partial charge in [-0.15, -0.1) is 0 Å². The topological polar surface area (TPSA) is 37.3 Å². The molecule has 0 aliphatic carbocycles. The van der Waals surface area contributed by atoms with E-state index in [0.29, 0.717) is 0 Å². The van der Waals surface area contributed by atoms with Gasteiger partial charge in [0.25, 0.3) is 0 Å². The lowest BCUT2D eigenvalue weighted by molar-refractivity contribution is -0.136. The third-order valence-corrected chi connectivity index (χ3v) is 3.16. The van der Waals surface area contributed by atoms with Crippen molar-refractivity contribution < 1.29 is 9.90 Å². The van der Waals surface area contributed by atoms with E-state index in [1.54, 1.807) is 0 Å². The summed E-state index contributed by atoms with van der Waals surface area (Å²) in [4.78, 5) is 10.8. The van der Waals surface area contributed by atoms with Crippen molar-refractivity contribution in [1.82, 2.24) is 0 Å². The van der Waals surface area contributed by atoms with Crippen LogP contribution < -0.4 is 0 Å². The minimum absolute atomic E-state index is 0.0400. The molecule has 0 unspecified atom stereocenters. The fraction of sp³-hybridized carbons (Fsp3) is 0.316. The van der Waals surface area contributed by atoms with E-state index in [9.17, 15) is 4.79 Å². The van der Waals surface area contributed by atoms with Crippen LogP contribution in [-0.2, 0) is 11.2 Å². The number of aliphatic carboxylic acids is 1. The Morgan fingerprint density at radius 1 is 0.955 bits per heavy atom. The molecule has 2 aromatic carbocycles. The Kier molecular flexibility index (Phi) is 10.2. The van der Waals surface area contributed by atoms with Crippen molar-refractivity contribution in [3.8, 4) is 11.1 Å². The van der Waals surface area contributed by atoms with Crippen LogP contribution in [0.4, 0.5) is 0 Å². The molecule has 3 heteroatoms. The number of halogens is 1. The summed E-state index contributed by atoms with van der Waals surface area (Å²) < 4.78 is 0.900. The minimum Gasteiger partial charge on any atom is -0.481 e. The maximum Gasteiger partial charge on any atom is 0.307 e. The number of rotatable bonds is 3. The first-order valence-corrected chi connectivity index (χ1v) is 8.42. The third kappa shape index (κ3) is 6.90. The Bertz CT molecular complexity index is 574. The SMILES string of the molecule is CC.CC.Cc1ccc(-c2cc(Br)cc(CC(=O)O)c2)cc1. The van der Waals surface area contributed by atoms with E-state index in [1.165, 1.54) is 5.56 Å². The van der Waals surface area contributed by atoms with Crippen molar-refractivity contribution in [2.75, 3.05) is 0 Å². The van der Waals surface area contributed by atoms with Crippen LogP contribution in [0.2, 0.25) is 0 Å². The van der Waals surface area contributed by atoms with Crippen LogP contribution in [-0.4, -0.2) is 11.1 Å². The van der Waals surface area contributed by atoms with Crippen LogP contribution in [0, 0.1) is 6.92 Å². The highest BCUT2D eigenvalue weighted by molar-refractivity contribution is 9.10. The van der Waals surface area contributed by atoms with E-state index in [-0.39, 0.29) is 6.42 Å². The van der Waals surface area contributed by atoms with Gasteiger partial charge >= 0.3 is 5.97 Å². The molecule has 0 atom stereocenters. The highest BCUT2D eigenvalue weighted by Crippen LogP contribution is 2.25. The Balaban J connectivity index is 0.00000102. The molecule has 2 aromatic rings. The second kappa shape index (κ2) is 11.0. The summed E-state index contributed by atoms with van der Waals surface area (Å²) in [5.74, 6) is -0.817. The van der Waals surface area contributed by atoms with Crippen LogP contribution in [0.1, 0.15) is 38.8 Å². The fourth-order valence-electron chi connectivity index (χ4n) is 1.84. The number of hydrogen-bond donors (Lipinski definition) is 1. The number of carboxylic acids is 1. The van der Waals surface area contributed by atoms with Crippen LogP contribution in [0.25, 0.3) is 11.1 Å². The molecule has 0 heterocycles. The van der Waals surface area contributed by atoms with Gasteiger partial charge in [-0.05, 0) is 35.7 Å². The average Bonchev–Trinajstić information content (AvgIpc) is 2.51. The third-order valence-electron chi connectivity index (χ3n) is 2.70.